The smallest absolute Gasteiger partial charge is 0.310 e. The van der Waals surface area contributed by atoms with Crippen molar-refractivity contribution in [1.82, 2.24) is 14.7 Å². The highest BCUT2D eigenvalue weighted by Crippen LogP contribution is 2.37. The molecule has 0 atom stereocenters. The molecule has 0 saturated heterocycles. The average Bonchev–Trinajstić information content (AvgIpc) is 2.99. The summed E-state index contributed by atoms with van der Waals surface area (Å²) in [5.41, 5.74) is -0.965. The summed E-state index contributed by atoms with van der Waals surface area (Å²) in [4.78, 5) is 17.4. The van der Waals surface area contributed by atoms with Crippen LogP contribution in [-0.2, 0) is 14.8 Å². The summed E-state index contributed by atoms with van der Waals surface area (Å²) < 4.78 is 26.0. The molecule has 7 nitrogen and oxygen atoms in total. The highest BCUT2D eigenvalue weighted by Gasteiger charge is 2.42. The second-order valence-corrected chi connectivity index (χ2v) is 6.27. The largest absolute Gasteiger partial charge is 0.481 e. The number of hydrogen-bond acceptors (Lipinski definition) is 4. The average molecular weight is 273 g/mol. The minimum absolute atomic E-state index is 0.0546. The lowest BCUT2D eigenvalue weighted by molar-refractivity contribution is -0.148. The lowest BCUT2D eigenvalue weighted by Gasteiger charge is -2.23. The monoisotopic (exact) mass is 273 g/mol. The Morgan fingerprint density at radius 3 is 2.67 bits per heavy atom. The van der Waals surface area contributed by atoms with Crippen LogP contribution in [-0.4, -0.2) is 36.0 Å². The van der Waals surface area contributed by atoms with Crippen molar-refractivity contribution in [3.8, 4) is 0 Å². The summed E-state index contributed by atoms with van der Waals surface area (Å²) >= 11 is 0. The van der Waals surface area contributed by atoms with Gasteiger partial charge in [0.25, 0.3) is 10.0 Å². The SMILES string of the molecule is O=C(O)C1(CNS(=O)(=O)c2cnc[nH]2)CCCC1. The molecule has 0 spiro atoms. The molecule has 18 heavy (non-hydrogen) atoms. The van der Waals surface area contributed by atoms with E-state index in [1.54, 1.807) is 0 Å². The molecule has 0 aromatic carbocycles. The summed E-state index contributed by atoms with van der Waals surface area (Å²) in [6.07, 6.45) is 5.10. The van der Waals surface area contributed by atoms with Gasteiger partial charge in [0.15, 0.2) is 5.03 Å². The highest BCUT2D eigenvalue weighted by atomic mass is 32.2. The van der Waals surface area contributed by atoms with Crippen LogP contribution in [0.2, 0.25) is 0 Å². The number of hydrogen-bond donors (Lipinski definition) is 3. The molecule has 0 bridgehead atoms. The number of rotatable bonds is 5. The Hall–Kier alpha value is -1.41. The fraction of sp³-hybridized carbons (Fsp3) is 0.600. The van der Waals surface area contributed by atoms with Crippen LogP contribution in [0.3, 0.4) is 0 Å². The molecule has 1 aliphatic carbocycles. The van der Waals surface area contributed by atoms with Gasteiger partial charge >= 0.3 is 5.97 Å². The number of nitrogens with one attached hydrogen (secondary N) is 2. The van der Waals surface area contributed by atoms with Gasteiger partial charge in [-0.25, -0.2) is 18.1 Å². The van der Waals surface area contributed by atoms with E-state index >= 15 is 0 Å². The minimum Gasteiger partial charge on any atom is -0.481 e. The molecule has 0 unspecified atom stereocenters. The third-order valence-corrected chi connectivity index (χ3v) is 4.70. The Morgan fingerprint density at radius 2 is 2.17 bits per heavy atom. The maximum atomic E-state index is 11.8. The van der Waals surface area contributed by atoms with Gasteiger partial charge in [-0.05, 0) is 12.8 Å². The minimum atomic E-state index is -3.71. The Kier molecular flexibility index (Phi) is 3.40. The van der Waals surface area contributed by atoms with Crippen LogP contribution < -0.4 is 4.72 Å². The molecule has 3 N–H and O–H groups in total. The van der Waals surface area contributed by atoms with Crippen LogP contribution >= 0.6 is 0 Å². The van der Waals surface area contributed by atoms with Crippen LogP contribution in [0.1, 0.15) is 25.7 Å². The first kappa shape index (κ1) is 13.0. The van der Waals surface area contributed by atoms with Crippen LogP contribution in [0.4, 0.5) is 0 Å². The third kappa shape index (κ3) is 2.39. The van der Waals surface area contributed by atoms with Gasteiger partial charge in [-0.2, -0.15) is 0 Å². The summed E-state index contributed by atoms with van der Waals surface area (Å²) in [5, 5.41) is 9.18. The number of aromatic amines is 1. The fourth-order valence-corrected chi connectivity index (χ4v) is 3.25. The van der Waals surface area contributed by atoms with Gasteiger partial charge in [-0.15, -0.1) is 0 Å². The van der Waals surface area contributed by atoms with Crippen molar-refractivity contribution in [2.75, 3.05) is 6.54 Å². The number of H-pyrrole nitrogens is 1. The van der Waals surface area contributed by atoms with Crippen molar-refractivity contribution in [3.63, 3.8) is 0 Å². The molecule has 1 fully saturated rings. The van der Waals surface area contributed by atoms with E-state index in [0.29, 0.717) is 12.8 Å². The summed E-state index contributed by atoms with van der Waals surface area (Å²) in [6.45, 7) is -0.0797. The van der Waals surface area contributed by atoms with Crippen molar-refractivity contribution in [2.24, 2.45) is 5.41 Å². The Labute approximate surface area is 105 Å². The van der Waals surface area contributed by atoms with Crippen molar-refractivity contribution in [1.29, 1.82) is 0 Å². The molecule has 0 aliphatic heterocycles. The van der Waals surface area contributed by atoms with E-state index in [-0.39, 0.29) is 11.6 Å². The molecule has 1 saturated carbocycles. The van der Waals surface area contributed by atoms with Gasteiger partial charge in [0.05, 0.1) is 17.9 Å². The molecular weight excluding hydrogens is 258 g/mol. The highest BCUT2D eigenvalue weighted by molar-refractivity contribution is 7.89. The van der Waals surface area contributed by atoms with Gasteiger partial charge in [-0.3, -0.25) is 4.79 Å². The maximum absolute atomic E-state index is 11.8. The van der Waals surface area contributed by atoms with E-state index in [0.717, 1.165) is 12.8 Å². The number of imidazole rings is 1. The number of carboxylic acids is 1. The lowest BCUT2D eigenvalue weighted by Crippen LogP contribution is -2.41. The number of sulfonamides is 1. The normalized spacial score (nSPS) is 18.9. The second kappa shape index (κ2) is 4.69. The number of carboxylic acid groups (broad SMARTS) is 1. The van der Waals surface area contributed by atoms with Gasteiger partial charge in [0, 0.05) is 6.54 Å². The topological polar surface area (TPSA) is 112 Å². The van der Waals surface area contributed by atoms with Crippen molar-refractivity contribution in [2.45, 2.75) is 30.7 Å². The van der Waals surface area contributed by atoms with Crippen molar-refractivity contribution >= 4 is 16.0 Å². The van der Waals surface area contributed by atoms with Gasteiger partial charge in [0.2, 0.25) is 0 Å². The molecular formula is C10H15N3O4S. The summed E-state index contributed by atoms with van der Waals surface area (Å²) in [5.74, 6) is -0.938. The molecule has 100 valence electrons. The van der Waals surface area contributed by atoms with Crippen LogP contribution in [0.15, 0.2) is 17.6 Å². The number of carbonyl (C=O) groups is 1. The molecule has 1 heterocycles. The molecule has 8 heteroatoms. The standard InChI is InChI=1S/C10H15N3O4S/c14-9(15)10(3-1-2-4-10)6-13-18(16,17)8-5-11-7-12-8/h5,7,13H,1-4,6H2,(H,11,12)(H,14,15). The zero-order chi connectivity index (χ0) is 13.2. The summed E-state index contributed by atoms with van der Waals surface area (Å²) in [6, 6.07) is 0. The van der Waals surface area contributed by atoms with Gasteiger partial charge in [0.1, 0.15) is 0 Å². The van der Waals surface area contributed by atoms with E-state index in [1.165, 1.54) is 12.5 Å². The quantitative estimate of drug-likeness (QED) is 0.715. The van der Waals surface area contributed by atoms with Crippen LogP contribution in [0.5, 0.6) is 0 Å². The fourth-order valence-electron chi connectivity index (χ4n) is 2.22. The lowest BCUT2D eigenvalue weighted by atomic mass is 9.87. The van der Waals surface area contributed by atoms with Crippen molar-refractivity contribution < 1.29 is 18.3 Å². The first-order valence-corrected chi connectivity index (χ1v) is 7.16. The van der Waals surface area contributed by atoms with Gasteiger partial charge < -0.3 is 10.1 Å². The van der Waals surface area contributed by atoms with E-state index in [4.69, 9.17) is 0 Å². The number of nitrogens with zero attached hydrogens (tertiary/aromatic N) is 1. The molecule has 2 rings (SSSR count). The predicted molar refractivity (Wildman–Crippen MR) is 62.3 cm³/mol. The van der Waals surface area contributed by atoms with Gasteiger partial charge in [-0.1, -0.05) is 12.8 Å². The molecule has 0 amide bonds. The third-order valence-electron chi connectivity index (χ3n) is 3.38. The first-order chi connectivity index (χ1) is 8.46. The summed E-state index contributed by atoms with van der Waals surface area (Å²) in [7, 11) is -3.71. The molecule has 0 radical (unpaired) electrons. The molecule has 1 aliphatic rings. The van der Waals surface area contributed by atoms with E-state index in [1.807, 2.05) is 0 Å². The maximum Gasteiger partial charge on any atom is 0.310 e. The molecule has 1 aromatic rings. The van der Waals surface area contributed by atoms with E-state index < -0.39 is 21.4 Å². The zero-order valence-electron chi connectivity index (χ0n) is 9.72. The Balaban J connectivity index is 2.09. The van der Waals surface area contributed by atoms with Crippen molar-refractivity contribution in [3.05, 3.63) is 12.5 Å². The van der Waals surface area contributed by atoms with E-state index in [2.05, 4.69) is 14.7 Å². The van der Waals surface area contributed by atoms with E-state index in [9.17, 15) is 18.3 Å². The zero-order valence-corrected chi connectivity index (χ0v) is 10.5. The second-order valence-electron chi connectivity index (χ2n) is 4.53. The Bertz CT molecular complexity index is 517. The first-order valence-electron chi connectivity index (χ1n) is 5.68. The predicted octanol–water partition coefficient (Wildman–Crippen LogP) is 0.333. The van der Waals surface area contributed by atoms with Crippen LogP contribution in [0.25, 0.3) is 0 Å². The number of aromatic nitrogens is 2. The Morgan fingerprint density at radius 1 is 1.50 bits per heavy atom. The van der Waals surface area contributed by atoms with Crippen LogP contribution in [0, 0.1) is 5.41 Å². The number of aliphatic carboxylic acids is 1. The molecule has 1 aromatic heterocycles.